The SMILES string of the molecule is O=C(C#Cc1ccccc1)NCC(O)c1ccc(Cl)cc1. The van der Waals surface area contributed by atoms with Crippen molar-refractivity contribution in [1.29, 1.82) is 0 Å². The van der Waals surface area contributed by atoms with E-state index in [-0.39, 0.29) is 6.54 Å². The highest BCUT2D eigenvalue weighted by Gasteiger charge is 2.08. The first-order valence-electron chi connectivity index (χ1n) is 6.43. The second-order valence-electron chi connectivity index (χ2n) is 4.39. The first kappa shape index (κ1) is 15.1. The normalized spacial score (nSPS) is 11.1. The zero-order chi connectivity index (χ0) is 15.1. The molecular weight excluding hydrogens is 286 g/mol. The Morgan fingerprint density at radius 1 is 1.14 bits per heavy atom. The fraction of sp³-hybridized carbons (Fsp3) is 0.118. The summed E-state index contributed by atoms with van der Waals surface area (Å²) in [5, 5.41) is 13.1. The van der Waals surface area contributed by atoms with Crippen LogP contribution in [0.2, 0.25) is 5.02 Å². The number of amides is 1. The van der Waals surface area contributed by atoms with Gasteiger partial charge >= 0.3 is 0 Å². The van der Waals surface area contributed by atoms with E-state index in [0.29, 0.717) is 10.6 Å². The van der Waals surface area contributed by atoms with Gasteiger partial charge in [0, 0.05) is 23.1 Å². The van der Waals surface area contributed by atoms with Gasteiger partial charge in [-0.3, -0.25) is 4.79 Å². The van der Waals surface area contributed by atoms with E-state index in [1.165, 1.54) is 0 Å². The van der Waals surface area contributed by atoms with Crippen molar-refractivity contribution in [3.63, 3.8) is 0 Å². The highest BCUT2D eigenvalue weighted by atomic mass is 35.5. The van der Waals surface area contributed by atoms with Crippen molar-refractivity contribution in [1.82, 2.24) is 5.32 Å². The molecule has 0 spiro atoms. The minimum absolute atomic E-state index is 0.101. The molecule has 0 aliphatic rings. The number of hydrogen-bond acceptors (Lipinski definition) is 2. The van der Waals surface area contributed by atoms with Crippen LogP contribution in [0.25, 0.3) is 0 Å². The molecule has 1 atom stereocenters. The lowest BCUT2D eigenvalue weighted by Gasteiger charge is -2.10. The number of rotatable bonds is 3. The van der Waals surface area contributed by atoms with Gasteiger partial charge in [0.15, 0.2) is 0 Å². The molecule has 2 N–H and O–H groups in total. The number of carbonyl (C=O) groups is 1. The number of hydrogen-bond donors (Lipinski definition) is 2. The van der Waals surface area contributed by atoms with Gasteiger partial charge in [-0.05, 0) is 29.8 Å². The molecule has 0 radical (unpaired) electrons. The van der Waals surface area contributed by atoms with Gasteiger partial charge in [0.1, 0.15) is 0 Å². The van der Waals surface area contributed by atoms with E-state index >= 15 is 0 Å². The molecule has 0 aliphatic heterocycles. The van der Waals surface area contributed by atoms with Crippen molar-refractivity contribution in [2.75, 3.05) is 6.54 Å². The molecule has 0 saturated heterocycles. The van der Waals surface area contributed by atoms with Crippen LogP contribution in [0.3, 0.4) is 0 Å². The van der Waals surface area contributed by atoms with E-state index in [1.54, 1.807) is 24.3 Å². The van der Waals surface area contributed by atoms with Crippen molar-refractivity contribution < 1.29 is 9.90 Å². The third kappa shape index (κ3) is 4.96. The number of halogens is 1. The molecular formula is C17H14ClNO2. The van der Waals surface area contributed by atoms with Crippen molar-refractivity contribution in [3.05, 3.63) is 70.7 Å². The van der Waals surface area contributed by atoms with E-state index < -0.39 is 12.0 Å². The third-order valence-electron chi connectivity index (χ3n) is 2.80. The average molecular weight is 300 g/mol. The molecule has 1 amide bonds. The van der Waals surface area contributed by atoms with Crippen molar-refractivity contribution >= 4 is 17.5 Å². The van der Waals surface area contributed by atoms with Crippen molar-refractivity contribution in [2.45, 2.75) is 6.10 Å². The molecule has 1 unspecified atom stereocenters. The average Bonchev–Trinajstić information content (AvgIpc) is 2.52. The fourth-order valence-electron chi connectivity index (χ4n) is 1.69. The predicted octanol–water partition coefficient (Wildman–Crippen LogP) is 2.54. The van der Waals surface area contributed by atoms with Gasteiger partial charge in [-0.1, -0.05) is 47.9 Å². The summed E-state index contributed by atoms with van der Waals surface area (Å²) in [7, 11) is 0. The highest BCUT2D eigenvalue weighted by Crippen LogP contribution is 2.15. The number of carbonyl (C=O) groups excluding carboxylic acids is 1. The van der Waals surface area contributed by atoms with E-state index in [1.807, 2.05) is 30.3 Å². The Morgan fingerprint density at radius 2 is 1.81 bits per heavy atom. The highest BCUT2D eigenvalue weighted by molar-refractivity contribution is 6.30. The minimum Gasteiger partial charge on any atom is -0.387 e. The molecule has 0 aliphatic carbocycles. The predicted molar refractivity (Wildman–Crippen MR) is 82.7 cm³/mol. The molecule has 0 bridgehead atoms. The van der Waals surface area contributed by atoms with E-state index in [2.05, 4.69) is 17.2 Å². The molecule has 2 aromatic carbocycles. The van der Waals surface area contributed by atoms with Crippen molar-refractivity contribution in [3.8, 4) is 11.8 Å². The summed E-state index contributed by atoms with van der Waals surface area (Å²) in [6.07, 6.45) is -0.787. The second-order valence-corrected chi connectivity index (χ2v) is 4.83. The monoisotopic (exact) mass is 299 g/mol. The molecule has 3 nitrogen and oxygen atoms in total. The third-order valence-corrected chi connectivity index (χ3v) is 3.06. The largest absolute Gasteiger partial charge is 0.387 e. The lowest BCUT2D eigenvalue weighted by Crippen LogP contribution is -2.27. The van der Waals surface area contributed by atoms with Crippen LogP contribution in [-0.2, 0) is 4.79 Å². The number of benzene rings is 2. The van der Waals surface area contributed by atoms with E-state index in [9.17, 15) is 9.90 Å². The summed E-state index contributed by atoms with van der Waals surface area (Å²) < 4.78 is 0. The molecule has 2 aromatic rings. The zero-order valence-corrected chi connectivity index (χ0v) is 12.0. The molecule has 21 heavy (non-hydrogen) atoms. The Labute approximate surface area is 128 Å². The first-order chi connectivity index (χ1) is 10.1. The van der Waals surface area contributed by atoms with Crippen LogP contribution in [-0.4, -0.2) is 17.6 Å². The summed E-state index contributed by atoms with van der Waals surface area (Å²) in [5.41, 5.74) is 1.46. The smallest absolute Gasteiger partial charge is 0.296 e. The summed E-state index contributed by atoms with van der Waals surface area (Å²) in [6.45, 7) is 0.101. The Kier molecular flexibility index (Phi) is 5.39. The quantitative estimate of drug-likeness (QED) is 0.856. The maximum Gasteiger partial charge on any atom is 0.296 e. The van der Waals surface area contributed by atoms with E-state index in [0.717, 1.165) is 5.56 Å². The molecule has 0 aromatic heterocycles. The standard InChI is InChI=1S/C17H14ClNO2/c18-15-9-7-14(8-10-15)16(20)12-19-17(21)11-6-13-4-2-1-3-5-13/h1-5,7-10,16,20H,12H2,(H,19,21). The summed E-state index contributed by atoms with van der Waals surface area (Å²) in [6, 6.07) is 16.1. The molecule has 0 heterocycles. The lowest BCUT2D eigenvalue weighted by atomic mass is 10.1. The van der Waals surface area contributed by atoms with Gasteiger partial charge < -0.3 is 10.4 Å². The van der Waals surface area contributed by atoms with Crippen LogP contribution in [0, 0.1) is 11.8 Å². The van der Waals surface area contributed by atoms with Gasteiger partial charge in [0.2, 0.25) is 0 Å². The first-order valence-corrected chi connectivity index (χ1v) is 6.81. The summed E-state index contributed by atoms with van der Waals surface area (Å²) in [5.74, 6) is 4.81. The van der Waals surface area contributed by atoms with Gasteiger partial charge in [0.25, 0.3) is 5.91 Å². The Hall–Kier alpha value is -2.28. The van der Waals surface area contributed by atoms with Gasteiger partial charge in [-0.25, -0.2) is 0 Å². The molecule has 106 valence electrons. The van der Waals surface area contributed by atoms with Crippen molar-refractivity contribution in [2.24, 2.45) is 0 Å². The molecule has 4 heteroatoms. The maximum atomic E-state index is 11.6. The van der Waals surface area contributed by atoms with Gasteiger partial charge in [-0.2, -0.15) is 0 Å². The second kappa shape index (κ2) is 7.49. The van der Waals surface area contributed by atoms with Crippen LogP contribution in [0.5, 0.6) is 0 Å². The topological polar surface area (TPSA) is 49.3 Å². The summed E-state index contributed by atoms with van der Waals surface area (Å²) >= 11 is 5.77. The maximum absolute atomic E-state index is 11.6. The zero-order valence-electron chi connectivity index (χ0n) is 11.2. The van der Waals surface area contributed by atoms with Crippen LogP contribution < -0.4 is 5.32 Å². The number of nitrogens with one attached hydrogen (secondary N) is 1. The van der Waals surface area contributed by atoms with Crippen LogP contribution in [0.1, 0.15) is 17.2 Å². The molecule has 0 saturated carbocycles. The number of aliphatic hydroxyl groups is 1. The fourth-order valence-corrected chi connectivity index (χ4v) is 1.81. The minimum atomic E-state index is -0.787. The molecule has 0 fully saturated rings. The van der Waals surface area contributed by atoms with Crippen LogP contribution in [0.4, 0.5) is 0 Å². The molecule has 2 rings (SSSR count). The Balaban J connectivity index is 1.87. The number of aliphatic hydroxyl groups excluding tert-OH is 1. The van der Waals surface area contributed by atoms with Crippen LogP contribution >= 0.6 is 11.6 Å². The van der Waals surface area contributed by atoms with Gasteiger partial charge in [0.05, 0.1) is 6.10 Å². The van der Waals surface area contributed by atoms with Crippen LogP contribution in [0.15, 0.2) is 54.6 Å². The Bertz CT molecular complexity index is 657. The van der Waals surface area contributed by atoms with Gasteiger partial charge in [-0.15, -0.1) is 0 Å². The lowest BCUT2D eigenvalue weighted by molar-refractivity contribution is -0.116. The Morgan fingerprint density at radius 3 is 2.48 bits per heavy atom. The van der Waals surface area contributed by atoms with E-state index in [4.69, 9.17) is 11.6 Å². The summed E-state index contributed by atoms with van der Waals surface area (Å²) in [4.78, 5) is 11.6.